The summed E-state index contributed by atoms with van der Waals surface area (Å²) < 4.78 is 58.6. The number of nitrogens with zero attached hydrogens (tertiary/aromatic N) is 2. The Morgan fingerprint density at radius 3 is 2.02 bits per heavy atom. The van der Waals surface area contributed by atoms with Crippen molar-refractivity contribution < 1.29 is 41.8 Å². The van der Waals surface area contributed by atoms with Crippen molar-refractivity contribution in [1.82, 2.24) is 5.01 Å². The normalized spacial score (nSPS) is 14.7. The van der Waals surface area contributed by atoms with Gasteiger partial charge in [-0.3, -0.25) is 5.01 Å². The van der Waals surface area contributed by atoms with Crippen LogP contribution in [-0.2, 0) is 24.3 Å². The van der Waals surface area contributed by atoms with Crippen molar-refractivity contribution in [2.45, 2.75) is 96.5 Å². The minimum Gasteiger partial charge on any atom is -0.466 e. The van der Waals surface area contributed by atoms with Gasteiger partial charge < -0.3 is 19.0 Å². The molecule has 0 aliphatic rings. The molecule has 1 amide bonds. The van der Waals surface area contributed by atoms with E-state index in [1.807, 2.05) is 13.0 Å². The summed E-state index contributed by atoms with van der Waals surface area (Å²) >= 11 is 6.37. The number of anilines is 1. The molecule has 0 spiro atoms. The first-order valence-corrected chi connectivity index (χ1v) is 18.0. The largest absolute Gasteiger partial charge is 0.466 e. The van der Waals surface area contributed by atoms with Crippen LogP contribution in [0.25, 0.3) is 0 Å². The number of rotatable bonds is 11. The standard InChI is InChI=1S/C32H46ClF3N2O6Si/c1-11-19-37(25-17-15-23(16-18-25)31(41,27(39)42-8)32(34,35)36)38(28(40)43-29(2,3)4)21-26(22-13-12-14-24(33)20-22)44-45(9,10)30(5,6)7/h12-18,20,26,41H,11,19,21H2,1-10H3/t26-,31?/m0/s1. The van der Waals surface area contributed by atoms with Crippen LogP contribution < -0.4 is 5.01 Å². The lowest BCUT2D eigenvalue weighted by Crippen LogP contribution is -2.52. The van der Waals surface area contributed by atoms with Crippen LogP contribution in [0.4, 0.5) is 23.7 Å². The van der Waals surface area contributed by atoms with Gasteiger partial charge in [0.2, 0.25) is 0 Å². The summed E-state index contributed by atoms with van der Waals surface area (Å²) in [5.41, 5.74) is -4.43. The lowest BCUT2D eigenvalue weighted by Gasteiger charge is -2.43. The van der Waals surface area contributed by atoms with Gasteiger partial charge >= 0.3 is 18.2 Å². The molecule has 0 saturated heterocycles. The molecule has 0 heterocycles. The second kappa shape index (κ2) is 14.3. The van der Waals surface area contributed by atoms with E-state index in [9.17, 15) is 27.9 Å². The van der Waals surface area contributed by atoms with Crippen molar-refractivity contribution in [3.63, 3.8) is 0 Å². The van der Waals surface area contributed by atoms with Gasteiger partial charge in [-0.2, -0.15) is 13.2 Å². The van der Waals surface area contributed by atoms with Gasteiger partial charge in [-0.25, -0.2) is 14.6 Å². The maximum absolute atomic E-state index is 13.9. The number of benzene rings is 2. The molecule has 2 aromatic carbocycles. The van der Waals surface area contributed by atoms with Crippen molar-refractivity contribution in [3.05, 3.63) is 64.7 Å². The number of hydrogen-bond donors (Lipinski definition) is 1. The lowest BCUT2D eigenvalue weighted by molar-refractivity contribution is -0.266. The summed E-state index contributed by atoms with van der Waals surface area (Å²) in [6.45, 7) is 17.8. The van der Waals surface area contributed by atoms with Gasteiger partial charge in [0.1, 0.15) is 5.60 Å². The second-order valence-corrected chi connectivity index (χ2v) is 18.5. The second-order valence-electron chi connectivity index (χ2n) is 13.4. The monoisotopic (exact) mass is 674 g/mol. The number of esters is 1. The van der Waals surface area contributed by atoms with Crippen molar-refractivity contribution >= 4 is 37.7 Å². The average molecular weight is 675 g/mol. The Morgan fingerprint density at radius 2 is 1.58 bits per heavy atom. The summed E-state index contributed by atoms with van der Waals surface area (Å²) in [5.74, 6) is -1.87. The molecule has 0 aliphatic heterocycles. The number of methoxy groups -OCH3 is 1. The number of aliphatic hydroxyl groups is 1. The predicted octanol–water partition coefficient (Wildman–Crippen LogP) is 8.39. The molecule has 2 rings (SSSR count). The third-order valence-corrected chi connectivity index (χ3v) is 12.3. The Morgan fingerprint density at radius 1 is 1.00 bits per heavy atom. The van der Waals surface area contributed by atoms with Crippen LogP contribution in [0.15, 0.2) is 48.5 Å². The molecule has 0 bridgehead atoms. The van der Waals surface area contributed by atoms with Crippen LogP contribution in [0.3, 0.4) is 0 Å². The Labute approximate surface area is 270 Å². The highest BCUT2D eigenvalue weighted by Crippen LogP contribution is 2.42. The van der Waals surface area contributed by atoms with Crippen molar-refractivity contribution in [3.8, 4) is 0 Å². The van der Waals surface area contributed by atoms with E-state index in [2.05, 4.69) is 38.6 Å². The molecule has 45 heavy (non-hydrogen) atoms. The van der Waals surface area contributed by atoms with E-state index < -0.39 is 49.4 Å². The highest BCUT2D eigenvalue weighted by molar-refractivity contribution is 6.74. The Kier molecular flexibility index (Phi) is 12.2. The SMILES string of the molecule is CCCN(c1ccc(C(O)(C(=O)OC)C(F)(F)F)cc1)N(C[C@H](O[Si](C)(C)C(C)(C)C)c1cccc(Cl)c1)C(=O)OC(C)(C)C. The number of carbonyl (C=O) groups is 2. The first-order chi connectivity index (χ1) is 20.5. The molecule has 0 fully saturated rings. The minimum atomic E-state index is -5.35. The summed E-state index contributed by atoms with van der Waals surface area (Å²) in [5, 5.41) is 13.7. The maximum Gasteiger partial charge on any atom is 0.432 e. The summed E-state index contributed by atoms with van der Waals surface area (Å²) in [6.07, 6.45) is -6.16. The van der Waals surface area contributed by atoms with Gasteiger partial charge in [0.05, 0.1) is 25.4 Å². The predicted molar refractivity (Wildman–Crippen MR) is 171 cm³/mol. The zero-order chi connectivity index (χ0) is 34.6. The Hall–Kier alpha value is -2.80. The van der Waals surface area contributed by atoms with Gasteiger partial charge in [0.25, 0.3) is 5.60 Å². The van der Waals surface area contributed by atoms with Gasteiger partial charge in [-0.05, 0) is 75.2 Å². The molecule has 0 saturated carbocycles. The number of halogens is 4. The van der Waals surface area contributed by atoms with E-state index in [0.717, 1.165) is 24.8 Å². The smallest absolute Gasteiger partial charge is 0.432 e. The van der Waals surface area contributed by atoms with E-state index in [1.54, 1.807) is 44.0 Å². The topological polar surface area (TPSA) is 88.5 Å². The van der Waals surface area contributed by atoms with Crippen molar-refractivity contribution in [2.75, 3.05) is 25.2 Å². The van der Waals surface area contributed by atoms with E-state index >= 15 is 0 Å². The third kappa shape index (κ3) is 9.37. The van der Waals surface area contributed by atoms with Crippen LogP contribution >= 0.6 is 11.6 Å². The van der Waals surface area contributed by atoms with Crippen LogP contribution in [-0.4, -0.2) is 62.5 Å². The highest BCUT2D eigenvalue weighted by atomic mass is 35.5. The molecular weight excluding hydrogens is 629 g/mol. The molecule has 1 unspecified atom stereocenters. The average Bonchev–Trinajstić information content (AvgIpc) is 2.91. The molecular formula is C32H46ClF3N2O6Si. The summed E-state index contributed by atoms with van der Waals surface area (Å²) in [6, 6.07) is 11.7. The zero-order valence-corrected chi connectivity index (χ0v) is 29.5. The van der Waals surface area contributed by atoms with Gasteiger partial charge in [0.15, 0.2) is 8.32 Å². The summed E-state index contributed by atoms with van der Waals surface area (Å²) in [7, 11) is -1.67. The number of carbonyl (C=O) groups excluding carboxylic acids is 2. The summed E-state index contributed by atoms with van der Waals surface area (Å²) in [4.78, 5) is 26.0. The van der Waals surface area contributed by atoms with Gasteiger partial charge in [-0.1, -0.05) is 63.6 Å². The Bertz CT molecular complexity index is 1310. The molecule has 252 valence electrons. The maximum atomic E-state index is 13.9. The Balaban J connectivity index is 2.72. The van der Waals surface area contributed by atoms with Crippen LogP contribution in [0.1, 0.15) is 72.1 Å². The quantitative estimate of drug-likeness (QED) is 0.145. The number of hydrazine groups is 1. The molecule has 2 atom stereocenters. The van der Waals surface area contributed by atoms with E-state index in [0.29, 0.717) is 17.1 Å². The fourth-order valence-corrected chi connectivity index (χ4v) is 5.69. The molecule has 0 radical (unpaired) electrons. The molecule has 2 aromatic rings. The number of amides is 1. The van der Waals surface area contributed by atoms with Crippen molar-refractivity contribution in [1.29, 1.82) is 0 Å². The van der Waals surface area contributed by atoms with Gasteiger partial charge in [-0.15, -0.1) is 0 Å². The van der Waals surface area contributed by atoms with Crippen LogP contribution in [0.5, 0.6) is 0 Å². The van der Waals surface area contributed by atoms with Crippen LogP contribution in [0.2, 0.25) is 23.2 Å². The fraction of sp³-hybridized carbons (Fsp3) is 0.562. The van der Waals surface area contributed by atoms with E-state index in [4.69, 9.17) is 20.8 Å². The van der Waals surface area contributed by atoms with Gasteiger partial charge in [0, 0.05) is 17.1 Å². The molecule has 0 aromatic heterocycles. The first-order valence-electron chi connectivity index (χ1n) is 14.7. The molecule has 0 aliphatic carbocycles. The fourth-order valence-electron chi connectivity index (χ4n) is 4.21. The molecule has 1 N–H and O–H groups in total. The number of alkyl halides is 3. The lowest BCUT2D eigenvalue weighted by atomic mass is 9.93. The van der Waals surface area contributed by atoms with Crippen LogP contribution in [0, 0.1) is 0 Å². The number of hydrogen-bond acceptors (Lipinski definition) is 7. The number of ether oxygens (including phenoxy) is 2. The first kappa shape index (κ1) is 38.4. The highest BCUT2D eigenvalue weighted by Gasteiger charge is 2.62. The van der Waals surface area contributed by atoms with E-state index in [-0.39, 0.29) is 18.1 Å². The van der Waals surface area contributed by atoms with Crippen molar-refractivity contribution in [2.24, 2.45) is 0 Å². The zero-order valence-electron chi connectivity index (χ0n) is 27.7. The molecule has 13 heteroatoms. The molecule has 8 nitrogen and oxygen atoms in total. The minimum absolute atomic E-state index is 0.0157. The van der Waals surface area contributed by atoms with E-state index in [1.165, 1.54) is 17.1 Å². The third-order valence-electron chi connectivity index (χ3n) is 7.61.